The third-order valence-corrected chi connectivity index (χ3v) is 5.40. The first-order valence-electron chi connectivity index (χ1n) is 7.61. The largest absolute Gasteiger partial charge is 0.341 e. The van der Waals surface area contributed by atoms with E-state index in [0.717, 1.165) is 33.9 Å². The smallest absolute Gasteiger partial charge is 0.289 e. The Kier molecular flexibility index (Phi) is 4.83. The fraction of sp³-hybridized carbons (Fsp3) is 0.167. The van der Waals surface area contributed by atoms with Gasteiger partial charge in [0.15, 0.2) is 0 Å². The first-order chi connectivity index (χ1) is 11.6. The van der Waals surface area contributed by atoms with E-state index in [0.29, 0.717) is 6.54 Å². The highest BCUT2D eigenvalue weighted by Crippen LogP contribution is 2.41. The van der Waals surface area contributed by atoms with Gasteiger partial charge in [0.1, 0.15) is 5.25 Å². The molecule has 0 N–H and O–H groups in total. The summed E-state index contributed by atoms with van der Waals surface area (Å²) in [4.78, 5) is 29.7. The third kappa shape index (κ3) is 3.03. The maximum absolute atomic E-state index is 12.3. The molecule has 2 amide bonds. The normalized spacial score (nSPS) is 17.2. The predicted molar refractivity (Wildman–Crippen MR) is 101 cm³/mol. The minimum atomic E-state index is -0.461. The summed E-state index contributed by atoms with van der Waals surface area (Å²) in [5.74, 6) is -0.157. The van der Waals surface area contributed by atoms with Gasteiger partial charge in [-0.2, -0.15) is 0 Å². The topological polar surface area (TPSA) is 55.2 Å². The molecule has 1 aliphatic rings. The van der Waals surface area contributed by atoms with Crippen LogP contribution in [-0.2, 0) is 11.3 Å². The molecule has 2 aromatic heterocycles. The molecule has 7 heteroatoms. The molecule has 0 saturated carbocycles. The number of pyridine rings is 1. The van der Waals surface area contributed by atoms with E-state index in [9.17, 15) is 9.59 Å². The molecule has 25 heavy (non-hydrogen) atoms. The SMILES string of the molecule is CN1C(=O)SC(c2cccc3c2ccn3Cc2ccccn2)C1=O.Cl. The lowest BCUT2D eigenvalue weighted by molar-refractivity contribution is -0.125. The Morgan fingerprint density at radius 1 is 1.12 bits per heavy atom. The highest BCUT2D eigenvalue weighted by Gasteiger charge is 2.38. The number of thioether (sulfide) groups is 1. The molecule has 1 fully saturated rings. The summed E-state index contributed by atoms with van der Waals surface area (Å²) in [6.45, 7) is 0.665. The summed E-state index contributed by atoms with van der Waals surface area (Å²) in [6, 6.07) is 13.7. The average Bonchev–Trinajstić information content (AvgIpc) is 3.12. The van der Waals surface area contributed by atoms with Gasteiger partial charge in [-0.25, -0.2) is 0 Å². The molecule has 1 saturated heterocycles. The molecular formula is C18H16ClN3O2S. The summed E-state index contributed by atoms with van der Waals surface area (Å²) in [6.07, 6.45) is 3.78. The first-order valence-corrected chi connectivity index (χ1v) is 8.49. The van der Waals surface area contributed by atoms with E-state index in [1.807, 2.05) is 48.7 Å². The number of rotatable bonds is 3. The zero-order valence-corrected chi connectivity index (χ0v) is 15.1. The van der Waals surface area contributed by atoms with Gasteiger partial charge in [-0.15, -0.1) is 12.4 Å². The summed E-state index contributed by atoms with van der Waals surface area (Å²) in [5.41, 5.74) is 2.90. The van der Waals surface area contributed by atoms with Crippen LogP contribution in [-0.4, -0.2) is 32.6 Å². The molecule has 1 unspecified atom stereocenters. The Bertz CT molecular complexity index is 942. The van der Waals surface area contributed by atoms with E-state index in [-0.39, 0.29) is 23.6 Å². The van der Waals surface area contributed by atoms with Crippen LogP contribution in [0.25, 0.3) is 10.9 Å². The summed E-state index contributed by atoms with van der Waals surface area (Å²) in [5, 5.41) is 0.342. The fourth-order valence-corrected chi connectivity index (χ4v) is 4.01. The molecule has 1 aliphatic heterocycles. The number of amides is 2. The van der Waals surface area contributed by atoms with Crippen LogP contribution in [0.2, 0.25) is 0 Å². The lowest BCUT2D eigenvalue weighted by Gasteiger charge is -2.10. The molecule has 3 aromatic rings. The predicted octanol–water partition coefficient (Wildman–Crippen LogP) is 3.87. The van der Waals surface area contributed by atoms with Crippen LogP contribution in [0.5, 0.6) is 0 Å². The molecule has 1 aromatic carbocycles. The molecule has 0 aliphatic carbocycles. The van der Waals surface area contributed by atoms with Gasteiger partial charge in [-0.3, -0.25) is 19.5 Å². The van der Waals surface area contributed by atoms with Crippen molar-refractivity contribution >= 4 is 46.2 Å². The molecule has 3 heterocycles. The summed E-state index contributed by atoms with van der Waals surface area (Å²) >= 11 is 1.08. The third-order valence-electron chi connectivity index (χ3n) is 4.24. The van der Waals surface area contributed by atoms with Gasteiger partial charge in [0.2, 0.25) is 5.91 Å². The van der Waals surface area contributed by atoms with E-state index in [2.05, 4.69) is 9.55 Å². The molecule has 1 atom stereocenters. The number of nitrogens with zero attached hydrogens (tertiary/aromatic N) is 3. The standard InChI is InChI=1S/C18H15N3O2S.ClH/c1-20-17(22)16(24-18(20)23)14-6-4-7-15-13(14)8-10-21(15)11-12-5-2-3-9-19-12;/h2-10,16H,11H2,1H3;1H. The molecular weight excluding hydrogens is 358 g/mol. The monoisotopic (exact) mass is 373 g/mol. The van der Waals surface area contributed by atoms with Crippen LogP contribution in [0.1, 0.15) is 16.5 Å². The van der Waals surface area contributed by atoms with Gasteiger partial charge < -0.3 is 4.57 Å². The minimum Gasteiger partial charge on any atom is -0.341 e. The van der Waals surface area contributed by atoms with Crippen LogP contribution in [0.15, 0.2) is 54.9 Å². The van der Waals surface area contributed by atoms with Gasteiger partial charge in [-0.1, -0.05) is 18.2 Å². The lowest BCUT2D eigenvalue weighted by atomic mass is 10.1. The number of benzene rings is 1. The number of fused-ring (bicyclic) bond motifs is 1. The number of aromatic nitrogens is 2. The second-order valence-corrected chi connectivity index (χ2v) is 6.76. The van der Waals surface area contributed by atoms with Crippen molar-refractivity contribution in [3.63, 3.8) is 0 Å². The number of hydrogen-bond acceptors (Lipinski definition) is 4. The van der Waals surface area contributed by atoms with Crippen molar-refractivity contribution in [3.8, 4) is 0 Å². The van der Waals surface area contributed by atoms with Crippen LogP contribution < -0.4 is 0 Å². The van der Waals surface area contributed by atoms with Crippen molar-refractivity contribution in [1.82, 2.24) is 14.5 Å². The highest BCUT2D eigenvalue weighted by atomic mass is 35.5. The first kappa shape index (κ1) is 17.5. The van der Waals surface area contributed by atoms with Gasteiger partial charge in [0.25, 0.3) is 5.24 Å². The Balaban J connectivity index is 0.00000182. The second-order valence-electron chi connectivity index (χ2n) is 5.71. The Morgan fingerprint density at radius 3 is 2.64 bits per heavy atom. The number of halogens is 1. The maximum Gasteiger partial charge on any atom is 0.289 e. The number of likely N-dealkylation sites (N-methyl/N-ethyl adjacent to an activating group) is 1. The van der Waals surface area contributed by atoms with E-state index in [4.69, 9.17) is 0 Å². The van der Waals surface area contributed by atoms with Gasteiger partial charge in [-0.05, 0) is 41.6 Å². The van der Waals surface area contributed by atoms with Crippen LogP contribution in [0.3, 0.4) is 0 Å². The van der Waals surface area contributed by atoms with Crippen molar-refractivity contribution in [2.24, 2.45) is 0 Å². The molecule has 5 nitrogen and oxygen atoms in total. The quantitative estimate of drug-likeness (QED) is 0.699. The molecule has 128 valence electrons. The Labute approximate surface area is 155 Å². The number of imide groups is 1. The minimum absolute atomic E-state index is 0. The van der Waals surface area contributed by atoms with Gasteiger partial charge in [0.05, 0.1) is 12.2 Å². The molecule has 4 rings (SSSR count). The Hall–Kier alpha value is -2.31. The molecule has 0 bridgehead atoms. The van der Waals surface area contributed by atoms with Crippen molar-refractivity contribution < 1.29 is 9.59 Å². The van der Waals surface area contributed by atoms with Crippen molar-refractivity contribution in [2.75, 3.05) is 7.05 Å². The molecule has 0 spiro atoms. The van der Waals surface area contributed by atoms with Crippen LogP contribution in [0, 0.1) is 0 Å². The van der Waals surface area contributed by atoms with Crippen molar-refractivity contribution in [3.05, 3.63) is 66.1 Å². The number of carbonyl (C=O) groups excluding carboxylic acids is 2. The van der Waals surface area contributed by atoms with Crippen LogP contribution in [0.4, 0.5) is 4.79 Å². The Morgan fingerprint density at radius 2 is 1.96 bits per heavy atom. The zero-order valence-electron chi connectivity index (χ0n) is 13.5. The second kappa shape index (κ2) is 6.90. The highest BCUT2D eigenvalue weighted by molar-refractivity contribution is 8.15. The summed E-state index contributed by atoms with van der Waals surface area (Å²) in [7, 11) is 1.53. The lowest BCUT2D eigenvalue weighted by Crippen LogP contribution is -2.24. The fourth-order valence-electron chi connectivity index (χ4n) is 2.97. The van der Waals surface area contributed by atoms with Crippen molar-refractivity contribution in [1.29, 1.82) is 0 Å². The summed E-state index contributed by atoms with van der Waals surface area (Å²) < 4.78 is 2.11. The van der Waals surface area contributed by atoms with Crippen LogP contribution >= 0.6 is 24.2 Å². The number of carbonyl (C=O) groups is 2. The van der Waals surface area contributed by atoms with Crippen molar-refractivity contribution in [2.45, 2.75) is 11.8 Å². The van der Waals surface area contributed by atoms with E-state index in [1.165, 1.54) is 11.9 Å². The average molecular weight is 374 g/mol. The van der Waals surface area contributed by atoms with E-state index in [1.54, 1.807) is 6.20 Å². The van der Waals surface area contributed by atoms with E-state index < -0.39 is 5.25 Å². The zero-order chi connectivity index (χ0) is 16.7. The van der Waals surface area contributed by atoms with E-state index >= 15 is 0 Å². The molecule has 0 radical (unpaired) electrons. The number of hydrogen-bond donors (Lipinski definition) is 0. The van der Waals surface area contributed by atoms with Gasteiger partial charge >= 0.3 is 0 Å². The maximum atomic E-state index is 12.3. The van der Waals surface area contributed by atoms with Gasteiger partial charge in [0, 0.05) is 30.3 Å².